The molecular formula is C15H22N4. The van der Waals surface area contributed by atoms with E-state index in [4.69, 9.17) is 0 Å². The number of nitrogens with one attached hydrogen (secondary N) is 1. The Balaban J connectivity index is 2.24. The average molecular weight is 258 g/mol. The van der Waals surface area contributed by atoms with Crippen LogP contribution in [0.25, 0.3) is 5.69 Å². The molecule has 0 aliphatic carbocycles. The number of aryl methyl sites for hydroxylation is 1. The highest BCUT2D eigenvalue weighted by molar-refractivity contribution is 5.32. The zero-order valence-electron chi connectivity index (χ0n) is 11.9. The third-order valence-corrected chi connectivity index (χ3v) is 3.35. The summed E-state index contributed by atoms with van der Waals surface area (Å²) >= 11 is 0. The summed E-state index contributed by atoms with van der Waals surface area (Å²) in [5.74, 6) is 1.10. The maximum absolute atomic E-state index is 4.57. The molecule has 0 amide bonds. The van der Waals surface area contributed by atoms with Crippen LogP contribution in [0.1, 0.15) is 44.2 Å². The smallest absolute Gasteiger partial charge is 0.113 e. The van der Waals surface area contributed by atoms with Gasteiger partial charge in [-0.05, 0) is 32.0 Å². The molecule has 2 aromatic heterocycles. The van der Waals surface area contributed by atoms with Gasteiger partial charge in [-0.2, -0.15) is 0 Å². The normalized spacial score (nSPS) is 12.6. The molecule has 1 N–H and O–H groups in total. The highest BCUT2D eigenvalue weighted by Gasteiger charge is 2.09. The molecule has 0 spiro atoms. The van der Waals surface area contributed by atoms with Crippen LogP contribution in [0.3, 0.4) is 0 Å². The summed E-state index contributed by atoms with van der Waals surface area (Å²) in [6, 6.07) is 4.53. The first-order chi connectivity index (χ1) is 9.30. The molecule has 2 heterocycles. The minimum Gasteiger partial charge on any atom is -0.312 e. The predicted molar refractivity (Wildman–Crippen MR) is 77.4 cm³/mol. The Morgan fingerprint density at radius 3 is 2.68 bits per heavy atom. The lowest BCUT2D eigenvalue weighted by Gasteiger charge is -2.14. The first-order valence-corrected chi connectivity index (χ1v) is 6.96. The highest BCUT2D eigenvalue weighted by atomic mass is 15.1. The Hall–Kier alpha value is -1.68. The number of hydrogen-bond donors (Lipinski definition) is 1. The van der Waals surface area contributed by atoms with Crippen molar-refractivity contribution >= 4 is 0 Å². The number of nitrogens with zero attached hydrogens (tertiary/aromatic N) is 3. The highest BCUT2D eigenvalue weighted by Crippen LogP contribution is 2.16. The fraction of sp³-hybridized carbons (Fsp3) is 0.467. The lowest BCUT2D eigenvalue weighted by Crippen LogP contribution is -2.16. The summed E-state index contributed by atoms with van der Waals surface area (Å²) in [5.41, 5.74) is 2.17. The maximum atomic E-state index is 4.57. The number of pyridine rings is 1. The predicted octanol–water partition coefficient (Wildman–Crippen LogP) is 2.89. The van der Waals surface area contributed by atoms with Gasteiger partial charge < -0.3 is 9.88 Å². The molecule has 0 aliphatic heterocycles. The quantitative estimate of drug-likeness (QED) is 0.866. The molecule has 2 aromatic rings. The zero-order valence-corrected chi connectivity index (χ0v) is 11.9. The Kier molecular flexibility index (Phi) is 4.68. The van der Waals surface area contributed by atoms with Gasteiger partial charge in [0.2, 0.25) is 0 Å². The van der Waals surface area contributed by atoms with Crippen LogP contribution in [0, 0.1) is 0 Å². The number of hydrogen-bond acceptors (Lipinski definition) is 3. The van der Waals surface area contributed by atoms with Crippen molar-refractivity contribution in [3.63, 3.8) is 0 Å². The largest absolute Gasteiger partial charge is 0.312 e. The van der Waals surface area contributed by atoms with Crippen LogP contribution in [0.2, 0.25) is 0 Å². The van der Waals surface area contributed by atoms with Crippen LogP contribution in [-0.4, -0.2) is 21.6 Å². The van der Waals surface area contributed by atoms with Gasteiger partial charge in [0, 0.05) is 24.9 Å². The summed E-state index contributed by atoms with van der Waals surface area (Å²) in [4.78, 5) is 8.96. The van der Waals surface area contributed by atoms with Crippen molar-refractivity contribution in [2.45, 2.75) is 39.2 Å². The Labute approximate surface area is 114 Å². The van der Waals surface area contributed by atoms with E-state index in [-0.39, 0.29) is 0 Å². The van der Waals surface area contributed by atoms with Gasteiger partial charge in [0.1, 0.15) is 5.82 Å². The number of rotatable bonds is 6. The second-order valence-electron chi connectivity index (χ2n) is 4.65. The minimum absolute atomic E-state index is 0.326. The molecular weight excluding hydrogens is 236 g/mol. The van der Waals surface area contributed by atoms with Crippen molar-refractivity contribution in [2.24, 2.45) is 0 Å². The number of imidazole rings is 1. The first kappa shape index (κ1) is 13.7. The number of aromatic nitrogens is 3. The van der Waals surface area contributed by atoms with E-state index in [9.17, 15) is 0 Å². The van der Waals surface area contributed by atoms with Crippen LogP contribution in [0.5, 0.6) is 0 Å². The lowest BCUT2D eigenvalue weighted by atomic mass is 10.1. The summed E-state index contributed by atoms with van der Waals surface area (Å²) in [6.07, 6.45) is 8.90. The van der Waals surface area contributed by atoms with Crippen molar-refractivity contribution in [3.8, 4) is 5.69 Å². The van der Waals surface area contributed by atoms with Crippen molar-refractivity contribution in [1.82, 2.24) is 19.9 Å². The standard InChI is InChI=1S/C15H22N4/c1-4-6-15-17-9-10-19(15)12-7-8-14(18-11-12)13(5-2)16-3/h7-11,13,16H,4-6H2,1-3H3. The fourth-order valence-electron chi connectivity index (χ4n) is 2.29. The topological polar surface area (TPSA) is 42.7 Å². The molecule has 4 nitrogen and oxygen atoms in total. The van der Waals surface area contributed by atoms with Gasteiger partial charge in [0.25, 0.3) is 0 Å². The van der Waals surface area contributed by atoms with E-state index in [1.165, 1.54) is 0 Å². The van der Waals surface area contributed by atoms with Crippen LogP contribution < -0.4 is 5.32 Å². The SMILES string of the molecule is CCCc1nccn1-c1ccc(C(CC)NC)nc1. The minimum atomic E-state index is 0.326. The molecule has 4 heteroatoms. The molecule has 0 bridgehead atoms. The van der Waals surface area contributed by atoms with E-state index >= 15 is 0 Å². The van der Waals surface area contributed by atoms with E-state index < -0.39 is 0 Å². The first-order valence-electron chi connectivity index (χ1n) is 6.96. The Bertz CT molecular complexity index is 497. The third-order valence-electron chi connectivity index (χ3n) is 3.35. The summed E-state index contributed by atoms with van der Waals surface area (Å²) < 4.78 is 2.11. The molecule has 2 rings (SSSR count). The van der Waals surface area contributed by atoms with Crippen molar-refractivity contribution in [1.29, 1.82) is 0 Å². The van der Waals surface area contributed by atoms with Gasteiger partial charge in [-0.15, -0.1) is 0 Å². The van der Waals surface area contributed by atoms with Crippen LogP contribution in [0.15, 0.2) is 30.7 Å². The molecule has 0 saturated carbocycles. The Morgan fingerprint density at radius 1 is 1.26 bits per heavy atom. The second-order valence-corrected chi connectivity index (χ2v) is 4.65. The molecule has 102 valence electrons. The summed E-state index contributed by atoms with van der Waals surface area (Å²) in [6.45, 7) is 4.32. The molecule has 19 heavy (non-hydrogen) atoms. The van der Waals surface area contributed by atoms with Crippen molar-refractivity contribution in [2.75, 3.05) is 7.05 Å². The lowest BCUT2D eigenvalue weighted by molar-refractivity contribution is 0.561. The monoisotopic (exact) mass is 258 g/mol. The van der Waals surface area contributed by atoms with Gasteiger partial charge in [-0.1, -0.05) is 13.8 Å². The molecule has 1 unspecified atom stereocenters. The van der Waals surface area contributed by atoms with E-state index in [0.717, 1.165) is 36.5 Å². The van der Waals surface area contributed by atoms with Gasteiger partial charge in [0.15, 0.2) is 0 Å². The van der Waals surface area contributed by atoms with E-state index in [0.29, 0.717) is 6.04 Å². The van der Waals surface area contributed by atoms with E-state index in [1.54, 1.807) is 0 Å². The van der Waals surface area contributed by atoms with Crippen molar-refractivity contribution < 1.29 is 0 Å². The molecule has 0 aliphatic rings. The Morgan fingerprint density at radius 2 is 2.11 bits per heavy atom. The van der Waals surface area contributed by atoms with Gasteiger partial charge in [-0.3, -0.25) is 4.98 Å². The van der Waals surface area contributed by atoms with Crippen LogP contribution in [0.4, 0.5) is 0 Å². The van der Waals surface area contributed by atoms with E-state index in [1.807, 2.05) is 25.6 Å². The summed E-state index contributed by atoms with van der Waals surface area (Å²) in [7, 11) is 1.97. The summed E-state index contributed by atoms with van der Waals surface area (Å²) in [5, 5.41) is 3.27. The van der Waals surface area contributed by atoms with Crippen LogP contribution in [-0.2, 0) is 6.42 Å². The second kappa shape index (κ2) is 6.48. The maximum Gasteiger partial charge on any atom is 0.113 e. The van der Waals surface area contributed by atoms with Crippen LogP contribution >= 0.6 is 0 Å². The molecule has 1 atom stereocenters. The fourth-order valence-corrected chi connectivity index (χ4v) is 2.29. The molecule has 0 fully saturated rings. The molecule has 0 saturated heterocycles. The zero-order chi connectivity index (χ0) is 13.7. The van der Waals surface area contributed by atoms with Gasteiger partial charge in [0.05, 0.1) is 17.6 Å². The molecule has 0 aromatic carbocycles. The average Bonchev–Trinajstić information content (AvgIpc) is 2.90. The van der Waals surface area contributed by atoms with E-state index in [2.05, 4.69) is 45.8 Å². The van der Waals surface area contributed by atoms with Gasteiger partial charge >= 0.3 is 0 Å². The molecule has 0 radical (unpaired) electrons. The van der Waals surface area contributed by atoms with Crippen molar-refractivity contribution in [3.05, 3.63) is 42.2 Å². The van der Waals surface area contributed by atoms with Gasteiger partial charge in [-0.25, -0.2) is 4.98 Å². The third kappa shape index (κ3) is 3.01.